The van der Waals surface area contributed by atoms with E-state index in [4.69, 9.17) is 9.47 Å². The minimum atomic E-state index is -0.287. The fraction of sp³-hybridized carbons (Fsp3) is 0.105. The average molecular weight is 427 g/mol. The van der Waals surface area contributed by atoms with Crippen molar-refractivity contribution in [3.8, 4) is 11.5 Å². The number of hydrogen-bond donors (Lipinski definition) is 1. The van der Waals surface area contributed by atoms with Crippen LogP contribution in [-0.2, 0) is 0 Å². The lowest BCUT2D eigenvalue weighted by Crippen LogP contribution is -2.17. The molecule has 0 aliphatic carbocycles. The fourth-order valence-corrected chi connectivity index (χ4v) is 3.23. The van der Waals surface area contributed by atoms with E-state index in [9.17, 15) is 4.79 Å². The van der Waals surface area contributed by atoms with Gasteiger partial charge in [-0.3, -0.25) is 4.79 Å². The summed E-state index contributed by atoms with van der Waals surface area (Å²) >= 11 is 3.44. The molecule has 0 spiro atoms. The number of benzene rings is 2. The molecule has 2 heterocycles. The first kappa shape index (κ1) is 17.3. The van der Waals surface area contributed by atoms with Gasteiger partial charge in [-0.05, 0) is 36.4 Å². The SMILES string of the molecule is COc1ccc(OC)c(/C=N/n2cnc3c([nH]c4ccc(Br)cc43)c2=O)c1. The Balaban J connectivity index is 1.81. The van der Waals surface area contributed by atoms with Crippen LogP contribution in [0.4, 0.5) is 0 Å². The lowest BCUT2D eigenvalue weighted by Gasteiger charge is -2.06. The molecule has 0 unspecified atom stereocenters. The van der Waals surface area contributed by atoms with Gasteiger partial charge in [-0.25, -0.2) is 4.98 Å². The van der Waals surface area contributed by atoms with E-state index in [0.717, 1.165) is 15.4 Å². The molecule has 4 rings (SSSR count). The summed E-state index contributed by atoms with van der Waals surface area (Å²) in [5.41, 5.74) is 2.26. The van der Waals surface area contributed by atoms with Crippen LogP contribution in [0.5, 0.6) is 11.5 Å². The van der Waals surface area contributed by atoms with Gasteiger partial charge in [0.1, 0.15) is 28.9 Å². The summed E-state index contributed by atoms with van der Waals surface area (Å²) in [6, 6.07) is 11.1. The minimum absolute atomic E-state index is 0.287. The Kier molecular flexibility index (Phi) is 4.41. The van der Waals surface area contributed by atoms with Gasteiger partial charge in [0, 0.05) is 20.9 Å². The van der Waals surface area contributed by atoms with Crippen molar-refractivity contribution in [3.63, 3.8) is 0 Å². The van der Waals surface area contributed by atoms with E-state index in [2.05, 4.69) is 31.0 Å². The maximum atomic E-state index is 12.8. The number of nitrogens with zero attached hydrogens (tertiary/aromatic N) is 3. The van der Waals surface area contributed by atoms with Crippen molar-refractivity contribution in [3.05, 3.63) is 63.1 Å². The second-order valence-corrected chi connectivity index (χ2v) is 6.70. The molecular formula is C19H15BrN4O3. The number of aromatic amines is 1. The van der Waals surface area contributed by atoms with Gasteiger partial charge in [-0.1, -0.05) is 15.9 Å². The predicted molar refractivity (Wildman–Crippen MR) is 108 cm³/mol. The standard InChI is InChI=1S/C19H15BrN4O3/c1-26-13-4-6-16(27-2)11(7-13)9-22-24-10-21-17-14-8-12(20)3-5-15(14)23-18(17)19(24)25/h3-10,23H,1-2H3/b22-9+. The number of nitrogens with one attached hydrogen (secondary N) is 1. The number of halogens is 1. The van der Waals surface area contributed by atoms with E-state index in [1.165, 1.54) is 17.2 Å². The molecular weight excluding hydrogens is 412 g/mol. The van der Waals surface area contributed by atoms with Crippen molar-refractivity contribution in [1.82, 2.24) is 14.6 Å². The molecule has 0 bridgehead atoms. The van der Waals surface area contributed by atoms with Crippen LogP contribution in [0.1, 0.15) is 5.56 Å². The summed E-state index contributed by atoms with van der Waals surface area (Å²) in [5, 5.41) is 5.13. The normalized spacial score (nSPS) is 11.5. The molecule has 27 heavy (non-hydrogen) atoms. The van der Waals surface area contributed by atoms with Crippen molar-refractivity contribution < 1.29 is 9.47 Å². The molecule has 1 N–H and O–H groups in total. The van der Waals surface area contributed by atoms with Crippen molar-refractivity contribution in [2.45, 2.75) is 0 Å². The molecule has 0 amide bonds. The predicted octanol–water partition coefficient (Wildman–Crippen LogP) is 3.54. The maximum absolute atomic E-state index is 12.8. The zero-order chi connectivity index (χ0) is 19.0. The molecule has 136 valence electrons. The highest BCUT2D eigenvalue weighted by molar-refractivity contribution is 9.10. The second kappa shape index (κ2) is 6.88. The Morgan fingerprint density at radius 2 is 2.04 bits per heavy atom. The Morgan fingerprint density at radius 3 is 2.81 bits per heavy atom. The van der Waals surface area contributed by atoms with Crippen LogP contribution in [0.15, 0.2) is 57.1 Å². The number of H-pyrrole nitrogens is 1. The van der Waals surface area contributed by atoms with Gasteiger partial charge >= 0.3 is 0 Å². The summed E-state index contributed by atoms with van der Waals surface area (Å²) < 4.78 is 12.7. The maximum Gasteiger partial charge on any atom is 0.298 e. The molecule has 4 aromatic rings. The summed E-state index contributed by atoms with van der Waals surface area (Å²) in [7, 11) is 3.15. The van der Waals surface area contributed by atoms with Crippen molar-refractivity contribution in [2.75, 3.05) is 14.2 Å². The van der Waals surface area contributed by atoms with Gasteiger partial charge in [-0.2, -0.15) is 9.78 Å². The highest BCUT2D eigenvalue weighted by Gasteiger charge is 2.11. The molecule has 7 nitrogen and oxygen atoms in total. The number of methoxy groups -OCH3 is 2. The average Bonchev–Trinajstić information content (AvgIpc) is 3.06. The number of aromatic nitrogens is 3. The largest absolute Gasteiger partial charge is 0.497 e. The van der Waals surface area contributed by atoms with Gasteiger partial charge in [0.2, 0.25) is 0 Å². The highest BCUT2D eigenvalue weighted by Crippen LogP contribution is 2.25. The third kappa shape index (κ3) is 3.08. The van der Waals surface area contributed by atoms with E-state index in [-0.39, 0.29) is 5.56 Å². The van der Waals surface area contributed by atoms with E-state index in [0.29, 0.717) is 28.1 Å². The summed E-state index contributed by atoms with van der Waals surface area (Å²) in [6.07, 6.45) is 2.94. The van der Waals surface area contributed by atoms with Crippen molar-refractivity contribution in [2.24, 2.45) is 5.10 Å². The number of fused-ring (bicyclic) bond motifs is 3. The van der Waals surface area contributed by atoms with Crippen LogP contribution < -0.4 is 15.0 Å². The van der Waals surface area contributed by atoms with Crippen LogP contribution in [0.3, 0.4) is 0 Å². The van der Waals surface area contributed by atoms with Gasteiger partial charge in [0.25, 0.3) is 5.56 Å². The van der Waals surface area contributed by atoms with Gasteiger partial charge in [0.15, 0.2) is 0 Å². The van der Waals surface area contributed by atoms with Crippen molar-refractivity contribution in [1.29, 1.82) is 0 Å². The smallest absolute Gasteiger partial charge is 0.298 e. The van der Waals surface area contributed by atoms with Crippen LogP contribution >= 0.6 is 15.9 Å². The molecule has 0 aliphatic heterocycles. The van der Waals surface area contributed by atoms with Crippen molar-refractivity contribution >= 4 is 44.1 Å². The number of hydrogen-bond acceptors (Lipinski definition) is 5. The molecule has 0 aliphatic rings. The summed E-state index contributed by atoms with van der Waals surface area (Å²) in [5.74, 6) is 1.29. The lowest BCUT2D eigenvalue weighted by atomic mass is 10.2. The molecule has 0 fully saturated rings. The van der Waals surface area contributed by atoms with E-state index < -0.39 is 0 Å². The topological polar surface area (TPSA) is 81.5 Å². The molecule has 8 heteroatoms. The Labute approximate surface area is 162 Å². The molecule has 0 radical (unpaired) electrons. The first-order valence-electron chi connectivity index (χ1n) is 8.05. The fourth-order valence-electron chi connectivity index (χ4n) is 2.87. The lowest BCUT2D eigenvalue weighted by molar-refractivity contribution is 0.402. The number of rotatable bonds is 4. The Morgan fingerprint density at radius 1 is 1.19 bits per heavy atom. The quantitative estimate of drug-likeness (QED) is 0.506. The molecule has 0 atom stereocenters. The molecule has 2 aromatic heterocycles. The van der Waals surface area contributed by atoms with E-state index >= 15 is 0 Å². The van der Waals surface area contributed by atoms with Crippen LogP contribution in [0.2, 0.25) is 0 Å². The summed E-state index contributed by atoms with van der Waals surface area (Å²) in [6.45, 7) is 0. The number of ether oxygens (including phenoxy) is 2. The second-order valence-electron chi connectivity index (χ2n) is 5.79. The van der Waals surface area contributed by atoms with E-state index in [1.54, 1.807) is 32.4 Å². The highest BCUT2D eigenvalue weighted by atomic mass is 79.9. The molecule has 2 aromatic carbocycles. The van der Waals surface area contributed by atoms with Gasteiger partial charge < -0.3 is 14.5 Å². The first-order chi connectivity index (χ1) is 13.1. The third-order valence-electron chi connectivity index (χ3n) is 4.21. The van der Waals surface area contributed by atoms with Gasteiger partial charge in [-0.15, -0.1) is 0 Å². The van der Waals surface area contributed by atoms with Gasteiger partial charge in [0.05, 0.1) is 20.4 Å². The zero-order valence-electron chi connectivity index (χ0n) is 14.6. The Bertz CT molecular complexity index is 1240. The first-order valence-corrected chi connectivity index (χ1v) is 8.85. The van der Waals surface area contributed by atoms with Crippen LogP contribution in [0.25, 0.3) is 21.9 Å². The molecule has 0 saturated carbocycles. The van der Waals surface area contributed by atoms with E-state index in [1.807, 2.05) is 18.2 Å². The Hall–Kier alpha value is -3.13. The van der Waals surface area contributed by atoms with Crippen LogP contribution in [-0.4, -0.2) is 35.1 Å². The summed E-state index contributed by atoms with van der Waals surface area (Å²) in [4.78, 5) is 20.3. The minimum Gasteiger partial charge on any atom is -0.497 e. The molecule has 0 saturated heterocycles. The zero-order valence-corrected chi connectivity index (χ0v) is 16.1. The van der Waals surface area contributed by atoms with Crippen LogP contribution in [0, 0.1) is 0 Å². The monoisotopic (exact) mass is 426 g/mol. The third-order valence-corrected chi connectivity index (χ3v) is 4.70.